The Kier molecular flexibility index (Phi) is 5.18. The highest BCUT2D eigenvalue weighted by Gasteiger charge is 2.51. The number of carbonyl (C=O) groups excluding carboxylic acids is 1. The molecule has 0 saturated carbocycles. The lowest BCUT2D eigenvalue weighted by molar-refractivity contribution is -0.138. The fourth-order valence-electron chi connectivity index (χ4n) is 4.53. The number of rotatable bonds is 4. The molecule has 170 valence electrons. The maximum absolute atomic E-state index is 14.8. The fraction of sp³-hybridized carbons (Fsp3) is 0.318. The van der Waals surface area contributed by atoms with E-state index in [9.17, 15) is 22.4 Å². The van der Waals surface area contributed by atoms with Crippen molar-refractivity contribution < 1.29 is 27.1 Å². The van der Waals surface area contributed by atoms with Crippen molar-refractivity contribution in [1.82, 2.24) is 24.8 Å². The maximum atomic E-state index is 14.8. The number of aromatic nitrogens is 4. The van der Waals surface area contributed by atoms with Gasteiger partial charge in [-0.15, -0.1) is 0 Å². The molecule has 4 heterocycles. The van der Waals surface area contributed by atoms with Crippen LogP contribution in [0.15, 0.2) is 49.1 Å². The van der Waals surface area contributed by atoms with Gasteiger partial charge in [0.1, 0.15) is 11.9 Å². The SMILES string of the molecule is O=C(c1c(F)cccc1-c1ncccn1)N1C2CCC1C(Oc1ncc(C(F)(F)F)cn1)C2. The molecule has 5 rings (SSSR count). The van der Waals surface area contributed by atoms with E-state index in [1.807, 2.05) is 0 Å². The molecule has 2 saturated heterocycles. The smallest absolute Gasteiger partial charge is 0.419 e. The molecule has 0 radical (unpaired) electrons. The number of nitrogens with zero attached hydrogens (tertiary/aromatic N) is 5. The average Bonchev–Trinajstić information content (AvgIpc) is 3.37. The second-order valence-corrected chi connectivity index (χ2v) is 7.89. The van der Waals surface area contributed by atoms with E-state index in [2.05, 4.69) is 19.9 Å². The van der Waals surface area contributed by atoms with Gasteiger partial charge < -0.3 is 9.64 Å². The molecule has 7 nitrogen and oxygen atoms in total. The van der Waals surface area contributed by atoms with Gasteiger partial charge in [-0.1, -0.05) is 12.1 Å². The van der Waals surface area contributed by atoms with Gasteiger partial charge in [0.15, 0.2) is 5.82 Å². The lowest BCUT2D eigenvalue weighted by Gasteiger charge is -2.25. The van der Waals surface area contributed by atoms with E-state index in [1.165, 1.54) is 24.5 Å². The van der Waals surface area contributed by atoms with Gasteiger partial charge >= 0.3 is 12.2 Å². The van der Waals surface area contributed by atoms with Crippen molar-refractivity contribution in [1.29, 1.82) is 0 Å². The van der Waals surface area contributed by atoms with Crippen molar-refractivity contribution >= 4 is 5.91 Å². The average molecular weight is 459 g/mol. The molecule has 2 fully saturated rings. The van der Waals surface area contributed by atoms with Crippen LogP contribution in [0.1, 0.15) is 35.2 Å². The first kappa shape index (κ1) is 21.2. The summed E-state index contributed by atoms with van der Waals surface area (Å²) in [6.07, 6.45) is 1.06. The molecule has 2 bridgehead atoms. The Labute approximate surface area is 185 Å². The lowest BCUT2D eigenvalue weighted by Crippen LogP contribution is -2.40. The van der Waals surface area contributed by atoms with Gasteiger partial charge in [0.2, 0.25) is 0 Å². The highest BCUT2D eigenvalue weighted by molar-refractivity contribution is 6.01. The van der Waals surface area contributed by atoms with Crippen LogP contribution in [0, 0.1) is 5.82 Å². The molecule has 3 aromatic rings. The molecule has 3 atom stereocenters. The Hall–Kier alpha value is -3.63. The topological polar surface area (TPSA) is 81.1 Å². The Morgan fingerprint density at radius 2 is 1.76 bits per heavy atom. The first-order valence-electron chi connectivity index (χ1n) is 10.3. The van der Waals surface area contributed by atoms with E-state index in [-0.39, 0.29) is 35.0 Å². The zero-order valence-corrected chi connectivity index (χ0v) is 17.0. The van der Waals surface area contributed by atoms with E-state index >= 15 is 0 Å². The Morgan fingerprint density at radius 3 is 2.45 bits per heavy atom. The third kappa shape index (κ3) is 3.87. The molecule has 1 aromatic carbocycles. The fourth-order valence-corrected chi connectivity index (χ4v) is 4.53. The number of ether oxygens (including phenoxy) is 1. The molecule has 2 aliphatic heterocycles. The molecule has 1 amide bonds. The summed E-state index contributed by atoms with van der Waals surface area (Å²) < 4.78 is 58.8. The molecule has 33 heavy (non-hydrogen) atoms. The Bertz CT molecular complexity index is 1170. The van der Waals surface area contributed by atoms with Crippen LogP contribution >= 0.6 is 0 Å². The third-order valence-corrected chi connectivity index (χ3v) is 5.96. The molecule has 11 heteroatoms. The quantitative estimate of drug-likeness (QED) is 0.551. The van der Waals surface area contributed by atoms with Crippen LogP contribution in [0.3, 0.4) is 0 Å². The van der Waals surface area contributed by atoms with Crippen LogP contribution in [-0.2, 0) is 6.18 Å². The van der Waals surface area contributed by atoms with Crippen LogP contribution < -0.4 is 4.74 Å². The van der Waals surface area contributed by atoms with E-state index < -0.39 is 29.6 Å². The summed E-state index contributed by atoms with van der Waals surface area (Å²) in [6.45, 7) is 0. The summed E-state index contributed by atoms with van der Waals surface area (Å²) in [5.41, 5.74) is -0.808. The van der Waals surface area contributed by atoms with Gasteiger partial charge in [-0.05, 0) is 25.0 Å². The molecular weight excluding hydrogens is 442 g/mol. The summed E-state index contributed by atoms with van der Waals surface area (Å²) in [7, 11) is 0. The predicted molar refractivity (Wildman–Crippen MR) is 106 cm³/mol. The Morgan fingerprint density at radius 1 is 1.03 bits per heavy atom. The van der Waals surface area contributed by atoms with Crippen LogP contribution in [-0.4, -0.2) is 48.9 Å². The van der Waals surface area contributed by atoms with Crippen LogP contribution in [0.4, 0.5) is 17.6 Å². The first-order valence-corrected chi connectivity index (χ1v) is 10.3. The summed E-state index contributed by atoms with van der Waals surface area (Å²) in [6, 6.07) is 5.15. The second-order valence-electron chi connectivity index (χ2n) is 7.89. The van der Waals surface area contributed by atoms with Gasteiger partial charge in [0, 0.05) is 42.8 Å². The van der Waals surface area contributed by atoms with Crippen molar-refractivity contribution in [2.75, 3.05) is 0 Å². The number of halogens is 4. The van der Waals surface area contributed by atoms with Crippen LogP contribution in [0.2, 0.25) is 0 Å². The number of amides is 1. The van der Waals surface area contributed by atoms with E-state index in [0.29, 0.717) is 25.2 Å². The van der Waals surface area contributed by atoms with E-state index in [0.717, 1.165) is 6.42 Å². The van der Waals surface area contributed by atoms with Crippen LogP contribution in [0.5, 0.6) is 6.01 Å². The molecule has 0 spiro atoms. The van der Waals surface area contributed by atoms with Crippen molar-refractivity contribution in [3.05, 3.63) is 66.0 Å². The summed E-state index contributed by atoms with van der Waals surface area (Å²) >= 11 is 0. The minimum absolute atomic E-state index is 0.118. The number of fused-ring (bicyclic) bond motifs is 2. The molecule has 3 unspecified atom stereocenters. The minimum Gasteiger partial charge on any atom is -0.458 e. The second kappa shape index (κ2) is 8.05. The first-order chi connectivity index (χ1) is 15.8. The number of hydrogen-bond acceptors (Lipinski definition) is 6. The molecular formula is C22H17F4N5O2. The van der Waals surface area contributed by atoms with Gasteiger partial charge in [-0.2, -0.15) is 13.2 Å². The van der Waals surface area contributed by atoms with Crippen molar-refractivity contribution in [2.45, 2.75) is 43.6 Å². The highest BCUT2D eigenvalue weighted by atomic mass is 19.4. The molecule has 2 aliphatic rings. The van der Waals surface area contributed by atoms with E-state index in [4.69, 9.17) is 4.74 Å². The Balaban J connectivity index is 1.39. The maximum Gasteiger partial charge on any atom is 0.419 e. The normalized spacial score (nSPS) is 21.9. The number of hydrogen-bond donors (Lipinski definition) is 0. The largest absolute Gasteiger partial charge is 0.458 e. The van der Waals surface area contributed by atoms with Gasteiger partial charge in [0.05, 0.1) is 17.2 Å². The molecule has 0 aliphatic carbocycles. The number of benzene rings is 1. The zero-order valence-electron chi connectivity index (χ0n) is 17.0. The molecule has 2 aromatic heterocycles. The lowest BCUT2D eigenvalue weighted by atomic mass is 9.98. The van der Waals surface area contributed by atoms with Crippen molar-refractivity contribution in [2.24, 2.45) is 0 Å². The summed E-state index contributed by atoms with van der Waals surface area (Å²) in [5, 5.41) is 0. The molecule has 0 N–H and O–H groups in total. The zero-order chi connectivity index (χ0) is 23.2. The summed E-state index contributed by atoms with van der Waals surface area (Å²) in [5.74, 6) is -0.944. The monoisotopic (exact) mass is 459 g/mol. The highest BCUT2D eigenvalue weighted by Crippen LogP contribution is 2.41. The number of carbonyl (C=O) groups is 1. The van der Waals surface area contributed by atoms with Gasteiger partial charge in [-0.25, -0.2) is 24.3 Å². The minimum atomic E-state index is -4.55. The standard InChI is InChI=1S/C22H17F4N5O2/c23-15-4-1-3-14(19-27-7-2-8-28-19)18(15)20(32)31-13-5-6-16(31)17(9-13)33-21-29-10-12(11-30-21)22(24,25)26/h1-4,7-8,10-11,13,16-17H,5-6,9H2. The van der Waals surface area contributed by atoms with Crippen molar-refractivity contribution in [3.8, 4) is 17.4 Å². The third-order valence-electron chi connectivity index (χ3n) is 5.96. The number of alkyl halides is 3. The summed E-state index contributed by atoms with van der Waals surface area (Å²) in [4.78, 5) is 30.7. The van der Waals surface area contributed by atoms with Gasteiger partial charge in [0.25, 0.3) is 5.91 Å². The van der Waals surface area contributed by atoms with E-state index in [1.54, 1.807) is 17.0 Å². The van der Waals surface area contributed by atoms with Crippen LogP contribution in [0.25, 0.3) is 11.4 Å². The predicted octanol–water partition coefficient (Wildman–Crippen LogP) is 3.92. The van der Waals surface area contributed by atoms with Crippen molar-refractivity contribution in [3.63, 3.8) is 0 Å². The van der Waals surface area contributed by atoms with Gasteiger partial charge in [-0.3, -0.25) is 4.79 Å².